The number of nitrogens with zero attached hydrogens (tertiary/aromatic N) is 1. The Labute approximate surface area is 131 Å². The lowest BCUT2D eigenvalue weighted by atomic mass is 9.80. The first-order chi connectivity index (χ1) is 9.69. The average molecular weight is 297 g/mol. The summed E-state index contributed by atoms with van der Waals surface area (Å²) in [5, 5.41) is 12.1. The smallest absolute Gasteiger partial charge is 0.117 e. The van der Waals surface area contributed by atoms with Gasteiger partial charge in [0.15, 0.2) is 0 Å². The van der Waals surface area contributed by atoms with E-state index in [1.54, 1.807) is 0 Å². The fourth-order valence-corrected chi connectivity index (χ4v) is 3.56. The first-order valence-corrected chi connectivity index (χ1v) is 8.53. The monoisotopic (exact) mass is 297 g/mol. The highest BCUT2D eigenvalue weighted by Crippen LogP contribution is 2.39. The third-order valence-corrected chi connectivity index (χ3v) is 4.35. The van der Waals surface area contributed by atoms with Gasteiger partial charge in [0.05, 0.1) is 17.2 Å². The van der Waals surface area contributed by atoms with E-state index >= 15 is 0 Å². The molecule has 1 fully saturated rings. The van der Waals surface area contributed by atoms with Gasteiger partial charge >= 0.3 is 0 Å². The predicted molar refractivity (Wildman–Crippen MR) is 88.8 cm³/mol. The SMILES string of the molecule is C=C(CCCCCCC)ON1C(C)(C)CC(O)CC1(C)C. The van der Waals surface area contributed by atoms with Gasteiger partial charge in [-0.2, -0.15) is 0 Å². The molecule has 0 amide bonds. The standard InChI is InChI=1S/C18H35NO2/c1-7-8-9-10-11-12-15(2)21-19-17(3,4)13-16(20)14-18(19,5)6/h16,20H,2,7-14H2,1,3-6H3. The van der Waals surface area contributed by atoms with Crippen molar-refractivity contribution in [2.24, 2.45) is 0 Å². The van der Waals surface area contributed by atoms with Crippen LogP contribution in [0.5, 0.6) is 0 Å². The number of hydrogen-bond donors (Lipinski definition) is 1. The van der Waals surface area contributed by atoms with E-state index in [2.05, 4.69) is 46.3 Å². The number of aliphatic hydroxyl groups is 1. The molecule has 0 aromatic rings. The van der Waals surface area contributed by atoms with Crippen molar-refractivity contribution in [1.82, 2.24) is 5.06 Å². The summed E-state index contributed by atoms with van der Waals surface area (Å²) in [6.07, 6.45) is 8.44. The Morgan fingerprint density at radius 2 is 1.62 bits per heavy atom. The second-order valence-corrected chi connectivity index (χ2v) is 7.78. The Morgan fingerprint density at radius 3 is 2.14 bits per heavy atom. The first-order valence-electron chi connectivity index (χ1n) is 8.53. The zero-order chi connectivity index (χ0) is 16.1. The molecular weight excluding hydrogens is 262 g/mol. The molecule has 0 radical (unpaired) electrons. The van der Waals surface area contributed by atoms with Crippen molar-refractivity contribution in [1.29, 1.82) is 0 Å². The molecule has 1 heterocycles. The molecule has 3 heteroatoms. The largest absolute Gasteiger partial charge is 0.410 e. The summed E-state index contributed by atoms with van der Waals surface area (Å²) in [5.74, 6) is 0.851. The number of unbranched alkanes of at least 4 members (excludes halogenated alkanes) is 4. The number of allylic oxidation sites excluding steroid dienone is 1. The fourth-order valence-electron chi connectivity index (χ4n) is 3.56. The summed E-state index contributed by atoms with van der Waals surface area (Å²) in [6, 6.07) is 0. The molecule has 1 N–H and O–H groups in total. The topological polar surface area (TPSA) is 32.7 Å². The van der Waals surface area contributed by atoms with Gasteiger partial charge in [0.25, 0.3) is 0 Å². The second-order valence-electron chi connectivity index (χ2n) is 7.78. The zero-order valence-electron chi connectivity index (χ0n) is 14.7. The molecule has 0 atom stereocenters. The molecule has 0 saturated carbocycles. The van der Waals surface area contributed by atoms with Crippen LogP contribution in [0, 0.1) is 0 Å². The molecule has 1 aliphatic rings. The molecule has 21 heavy (non-hydrogen) atoms. The van der Waals surface area contributed by atoms with Crippen molar-refractivity contribution >= 4 is 0 Å². The molecule has 3 nitrogen and oxygen atoms in total. The maximum absolute atomic E-state index is 10.1. The zero-order valence-corrected chi connectivity index (χ0v) is 14.7. The summed E-state index contributed by atoms with van der Waals surface area (Å²) in [6.45, 7) is 14.8. The summed E-state index contributed by atoms with van der Waals surface area (Å²) in [5.41, 5.74) is -0.349. The highest BCUT2D eigenvalue weighted by molar-refractivity contribution is 4.98. The molecule has 0 aliphatic carbocycles. The highest BCUT2D eigenvalue weighted by Gasteiger charge is 2.47. The minimum Gasteiger partial charge on any atom is -0.410 e. The van der Waals surface area contributed by atoms with Gasteiger partial charge in [0, 0.05) is 6.42 Å². The minimum absolute atomic E-state index is 0.174. The van der Waals surface area contributed by atoms with E-state index < -0.39 is 0 Å². The molecular formula is C18H35NO2. The molecule has 1 aliphatic heterocycles. The van der Waals surface area contributed by atoms with Gasteiger partial charge in [-0.15, -0.1) is 5.06 Å². The summed E-state index contributed by atoms with van der Waals surface area (Å²) < 4.78 is 0. The lowest BCUT2D eigenvalue weighted by Gasteiger charge is -2.52. The van der Waals surface area contributed by atoms with E-state index in [4.69, 9.17) is 4.84 Å². The quantitative estimate of drug-likeness (QED) is 0.515. The Hall–Kier alpha value is -0.540. The van der Waals surface area contributed by atoms with Crippen LogP contribution in [0.1, 0.15) is 86.0 Å². The van der Waals surface area contributed by atoms with Crippen LogP contribution in [0.4, 0.5) is 0 Å². The number of rotatable bonds is 8. The van der Waals surface area contributed by atoms with Gasteiger partial charge in [-0.3, -0.25) is 0 Å². The minimum atomic E-state index is -0.253. The van der Waals surface area contributed by atoms with Crippen LogP contribution in [-0.2, 0) is 4.84 Å². The lowest BCUT2D eigenvalue weighted by Crippen LogP contribution is -2.61. The van der Waals surface area contributed by atoms with Gasteiger partial charge in [-0.25, -0.2) is 0 Å². The summed E-state index contributed by atoms with van der Waals surface area (Å²) >= 11 is 0. The molecule has 0 spiro atoms. The molecule has 1 rings (SSSR count). The van der Waals surface area contributed by atoms with Crippen molar-refractivity contribution in [3.05, 3.63) is 12.3 Å². The number of hydroxylamine groups is 2. The van der Waals surface area contributed by atoms with E-state index in [0.717, 1.165) is 31.4 Å². The van der Waals surface area contributed by atoms with Crippen molar-refractivity contribution in [2.75, 3.05) is 0 Å². The van der Waals surface area contributed by atoms with Crippen molar-refractivity contribution < 1.29 is 9.94 Å². The highest BCUT2D eigenvalue weighted by atomic mass is 16.7. The van der Waals surface area contributed by atoms with Gasteiger partial charge in [-0.1, -0.05) is 39.2 Å². The lowest BCUT2D eigenvalue weighted by molar-refractivity contribution is -0.270. The van der Waals surface area contributed by atoms with Crippen LogP contribution in [0.15, 0.2) is 12.3 Å². The maximum atomic E-state index is 10.1. The van der Waals surface area contributed by atoms with Gasteiger partial charge < -0.3 is 9.94 Å². The third kappa shape index (κ3) is 5.63. The van der Waals surface area contributed by atoms with Gasteiger partial charge in [0.1, 0.15) is 5.76 Å². The van der Waals surface area contributed by atoms with Crippen LogP contribution in [-0.4, -0.2) is 27.4 Å². The molecule has 0 unspecified atom stereocenters. The molecule has 124 valence electrons. The van der Waals surface area contributed by atoms with Crippen molar-refractivity contribution in [2.45, 2.75) is 103 Å². The fraction of sp³-hybridized carbons (Fsp3) is 0.889. The van der Waals surface area contributed by atoms with Crippen LogP contribution in [0.2, 0.25) is 0 Å². The molecule has 1 saturated heterocycles. The van der Waals surface area contributed by atoms with E-state index in [1.807, 2.05) is 0 Å². The third-order valence-electron chi connectivity index (χ3n) is 4.35. The van der Waals surface area contributed by atoms with Crippen molar-refractivity contribution in [3.8, 4) is 0 Å². The van der Waals surface area contributed by atoms with Gasteiger partial charge in [-0.05, 0) is 47.0 Å². The van der Waals surface area contributed by atoms with Gasteiger partial charge in [0.2, 0.25) is 0 Å². The van der Waals surface area contributed by atoms with Crippen LogP contribution in [0.25, 0.3) is 0 Å². The van der Waals surface area contributed by atoms with Crippen LogP contribution in [0.3, 0.4) is 0 Å². The Balaban J connectivity index is 2.49. The first kappa shape index (κ1) is 18.5. The van der Waals surface area contributed by atoms with E-state index in [9.17, 15) is 5.11 Å². The Bertz CT molecular complexity index is 318. The van der Waals surface area contributed by atoms with Crippen LogP contribution < -0.4 is 0 Å². The van der Waals surface area contributed by atoms with E-state index in [-0.39, 0.29) is 17.2 Å². The van der Waals surface area contributed by atoms with E-state index in [0.29, 0.717) is 0 Å². The average Bonchev–Trinajstić information content (AvgIpc) is 2.32. The summed E-state index contributed by atoms with van der Waals surface area (Å²) in [7, 11) is 0. The summed E-state index contributed by atoms with van der Waals surface area (Å²) in [4.78, 5) is 6.10. The normalized spacial score (nSPS) is 22.2. The predicted octanol–water partition coefficient (Wildman–Crippen LogP) is 4.81. The Kier molecular flexibility index (Phi) is 6.73. The number of hydrogen-bond acceptors (Lipinski definition) is 3. The molecule has 0 bridgehead atoms. The second kappa shape index (κ2) is 7.64. The van der Waals surface area contributed by atoms with E-state index in [1.165, 1.54) is 25.7 Å². The Morgan fingerprint density at radius 1 is 1.10 bits per heavy atom. The van der Waals surface area contributed by atoms with Crippen LogP contribution >= 0.6 is 0 Å². The van der Waals surface area contributed by atoms with Crippen molar-refractivity contribution in [3.63, 3.8) is 0 Å². The number of piperidine rings is 1. The molecule has 0 aromatic carbocycles. The molecule has 0 aromatic heterocycles. The number of aliphatic hydroxyl groups excluding tert-OH is 1. The maximum Gasteiger partial charge on any atom is 0.117 e.